The molecule has 0 N–H and O–H groups in total. The lowest BCUT2D eigenvalue weighted by Crippen LogP contribution is -1.88. The first-order valence-corrected chi connectivity index (χ1v) is 15.5. The van der Waals surface area contributed by atoms with Crippen LogP contribution in [0.5, 0.6) is 0 Å². The fourth-order valence-electron chi connectivity index (χ4n) is 6.77. The van der Waals surface area contributed by atoms with Crippen molar-refractivity contribution in [2.45, 2.75) is 12.8 Å². The molecule has 0 saturated carbocycles. The minimum Gasteiger partial charge on any atom is -0.135 e. The molecule has 0 aliphatic heterocycles. The molecule has 0 spiro atoms. The molecule has 43 heavy (non-hydrogen) atoms. The van der Waals surface area contributed by atoms with E-state index in [0.29, 0.717) is 0 Å². The maximum atomic E-state index is 3.42. The smallest absolute Gasteiger partial charge is 0.0430 e. The van der Waals surface area contributed by atoms with Crippen LogP contribution in [0, 0.1) is 24.3 Å². The zero-order valence-corrected chi connectivity index (χ0v) is 24.2. The molecule has 1 heteroatoms. The lowest BCUT2D eigenvalue weighted by molar-refractivity contribution is 1.01. The Bertz CT molecular complexity index is 2370. The van der Waals surface area contributed by atoms with Crippen LogP contribution < -0.4 is 0 Å². The van der Waals surface area contributed by atoms with Gasteiger partial charge in [-0.05, 0) is 133 Å². The molecule has 0 bridgehead atoms. The Hall–Kier alpha value is -5.34. The highest BCUT2D eigenvalue weighted by Crippen LogP contribution is 2.42. The number of hydrogen-bond acceptors (Lipinski definition) is 1. The number of thiophene rings is 1. The second-order valence-electron chi connectivity index (χ2n) is 11.3. The van der Waals surface area contributed by atoms with Crippen molar-refractivity contribution in [1.29, 1.82) is 0 Å². The number of fused-ring (bicyclic) bond motifs is 9. The zero-order chi connectivity index (χ0) is 28.3. The Labute approximate surface area is 255 Å². The largest absolute Gasteiger partial charge is 0.135 e. The van der Waals surface area contributed by atoms with Crippen molar-refractivity contribution >= 4 is 59.8 Å². The first kappa shape index (κ1) is 24.3. The van der Waals surface area contributed by atoms with E-state index in [9.17, 15) is 0 Å². The van der Waals surface area contributed by atoms with E-state index in [4.69, 9.17) is 0 Å². The van der Waals surface area contributed by atoms with Crippen LogP contribution in [0.2, 0.25) is 0 Å². The molecule has 0 amide bonds. The first-order valence-electron chi connectivity index (χ1n) is 14.7. The molecule has 198 valence electrons. The van der Waals surface area contributed by atoms with Gasteiger partial charge in [0.05, 0.1) is 0 Å². The predicted octanol–water partition coefficient (Wildman–Crippen LogP) is 11.5. The maximum Gasteiger partial charge on any atom is 0.0430 e. The van der Waals surface area contributed by atoms with E-state index in [1.807, 2.05) is 29.5 Å². The lowest BCUT2D eigenvalue weighted by atomic mass is 9.90. The number of benzene rings is 5. The van der Waals surface area contributed by atoms with Crippen LogP contribution in [0.3, 0.4) is 0 Å². The van der Waals surface area contributed by atoms with Gasteiger partial charge in [-0.2, -0.15) is 0 Å². The Morgan fingerprint density at radius 2 is 1.30 bits per heavy atom. The molecule has 9 rings (SSSR count). The number of hydrogen-bond donors (Lipinski definition) is 0. The van der Waals surface area contributed by atoms with Crippen molar-refractivity contribution in [2.24, 2.45) is 0 Å². The Morgan fingerprint density at radius 1 is 0.558 bits per heavy atom. The van der Waals surface area contributed by atoms with Crippen LogP contribution in [0.4, 0.5) is 0 Å². The highest BCUT2D eigenvalue weighted by Gasteiger charge is 2.16. The summed E-state index contributed by atoms with van der Waals surface area (Å²) >= 11 is 1.93. The molecular formula is C42H24S. The van der Waals surface area contributed by atoms with Crippen LogP contribution in [0.1, 0.15) is 16.9 Å². The van der Waals surface area contributed by atoms with Gasteiger partial charge in [-0.25, -0.2) is 0 Å². The van der Waals surface area contributed by atoms with Crippen molar-refractivity contribution in [2.75, 3.05) is 0 Å². The second kappa shape index (κ2) is 9.61. The van der Waals surface area contributed by atoms with Gasteiger partial charge in [-0.1, -0.05) is 97.1 Å². The summed E-state index contributed by atoms with van der Waals surface area (Å²) < 4.78 is 1.40. The number of allylic oxidation sites excluding steroid dienone is 1. The number of rotatable bonds is 3. The quantitative estimate of drug-likeness (QED) is 0.189. The Balaban J connectivity index is 1.17. The maximum absolute atomic E-state index is 3.42. The van der Waals surface area contributed by atoms with Gasteiger partial charge in [0.15, 0.2) is 0 Å². The molecule has 0 fully saturated rings. The molecule has 1 aliphatic rings. The van der Waals surface area contributed by atoms with Crippen LogP contribution in [-0.4, -0.2) is 0 Å². The van der Waals surface area contributed by atoms with E-state index in [1.54, 1.807) is 0 Å². The molecule has 0 saturated heterocycles. The second-order valence-corrected chi connectivity index (χ2v) is 12.3. The monoisotopic (exact) mass is 560 g/mol. The normalized spacial score (nSPS) is 12.5. The average molecular weight is 561 g/mol. The molecule has 1 aliphatic carbocycles. The van der Waals surface area contributed by atoms with Gasteiger partial charge in [0.2, 0.25) is 0 Å². The summed E-state index contributed by atoms with van der Waals surface area (Å²) in [7, 11) is 0. The SMILES string of the molecule is c1ccc(-c2ccc3c(c2)c2ccc#cc2c2ccc(-c4ccc(-c5cccc6c7c(sc56)C=CCC7)cc4)cc23)cc#1. The topological polar surface area (TPSA) is 0 Å². The molecule has 7 aromatic carbocycles. The molecule has 0 unspecified atom stereocenters. The Morgan fingerprint density at radius 3 is 2.14 bits per heavy atom. The molecule has 0 nitrogen and oxygen atoms in total. The van der Waals surface area contributed by atoms with Crippen LogP contribution in [0.15, 0.2) is 115 Å². The average Bonchev–Trinajstić information content (AvgIpc) is 3.47. The van der Waals surface area contributed by atoms with E-state index < -0.39 is 0 Å². The molecular weight excluding hydrogens is 537 g/mol. The van der Waals surface area contributed by atoms with E-state index in [-0.39, 0.29) is 0 Å². The van der Waals surface area contributed by atoms with Crippen molar-refractivity contribution in [3.05, 3.63) is 150 Å². The van der Waals surface area contributed by atoms with E-state index in [1.165, 1.54) is 75.3 Å². The van der Waals surface area contributed by atoms with Crippen molar-refractivity contribution in [3.8, 4) is 33.4 Å². The highest BCUT2D eigenvalue weighted by atomic mass is 32.1. The molecule has 8 aromatic rings. The summed E-state index contributed by atoms with van der Waals surface area (Å²) in [6, 6.07) is 52.4. The minimum atomic E-state index is 1.11. The molecule has 0 radical (unpaired) electrons. The Kier molecular flexibility index (Phi) is 5.42. The third kappa shape index (κ3) is 3.87. The van der Waals surface area contributed by atoms with E-state index >= 15 is 0 Å². The first-order chi connectivity index (χ1) is 21.3. The van der Waals surface area contributed by atoms with Crippen LogP contribution in [-0.2, 0) is 6.42 Å². The highest BCUT2D eigenvalue weighted by molar-refractivity contribution is 7.20. The van der Waals surface area contributed by atoms with Crippen molar-refractivity contribution < 1.29 is 0 Å². The van der Waals surface area contributed by atoms with Gasteiger partial charge in [-0.3, -0.25) is 0 Å². The van der Waals surface area contributed by atoms with Gasteiger partial charge in [0.25, 0.3) is 0 Å². The molecule has 1 aromatic heterocycles. The summed E-state index contributed by atoms with van der Waals surface area (Å²) in [5.41, 5.74) is 8.86. The van der Waals surface area contributed by atoms with E-state index in [2.05, 4.69) is 127 Å². The summed E-state index contributed by atoms with van der Waals surface area (Å²) in [6.07, 6.45) is 6.88. The summed E-state index contributed by atoms with van der Waals surface area (Å²) in [5, 5.41) is 8.65. The van der Waals surface area contributed by atoms with Crippen molar-refractivity contribution in [3.63, 3.8) is 0 Å². The molecule has 1 heterocycles. The summed E-state index contributed by atoms with van der Waals surface area (Å²) in [4.78, 5) is 1.42. The lowest BCUT2D eigenvalue weighted by Gasteiger charge is -2.13. The fraction of sp³-hybridized carbons (Fsp3) is 0.0476. The molecule has 0 atom stereocenters. The predicted molar refractivity (Wildman–Crippen MR) is 183 cm³/mol. The third-order valence-electron chi connectivity index (χ3n) is 8.89. The summed E-state index contributed by atoms with van der Waals surface area (Å²) in [6.45, 7) is 0. The standard InChI is InChI=1S/C42H24S/c1-2-9-27(10-3-1)30-22-24-36-39(25-30)34-12-5-4-11-33(34)35-23-21-31(26-40(35)36)28-17-19-29(20-18-28)32-14-8-15-38-37-13-6-7-16-41(37)43-42(32)38/h2,5,7-10,12,14-26H,6,13H2. The van der Waals surface area contributed by atoms with Crippen molar-refractivity contribution in [1.82, 2.24) is 0 Å². The van der Waals surface area contributed by atoms with Crippen LogP contribution in [0.25, 0.3) is 81.9 Å². The van der Waals surface area contributed by atoms with Crippen LogP contribution >= 0.6 is 11.3 Å². The van der Waals surface area contributed by atoms with Gasteiger partial charge in [-0.15, -0.1) is 11.3 Å². The van der Waals surface area contributed by atoms with E-state index in [0.717, 1.165) is 23.8 Å². The number of aryl methyl sites for hydroxylation is 1. The fourth-order valence-corrected chi connectivity index (χ4v) is 8.08. The van der Waals surface area contributed by atoms with Gasteiger partial charge in [0.1, 0.15) is 0 Å². The zero-order valence-electron chi connectivity index (χ0n) is 23.4. The van der Waals surface area contributed by atoms with Gasteiger partial charge in [0, 0.05) is 15.0 Å². The van der Waals surface area contributed by atoms with Gasteiger partial charge >= 0.3 is 0 Å². The summed E-state index contributed by atoms with van der Waals surface area (Å²) in [5.74, 6) is 0. The van der Waals surface area contributed by atoms with Gasteiger partial charge < -0.3 is 0 Å². The third-order valence-corrected chi connectivity index (χ3v) is 10.1. The minimum absolute atomic E-state index is 1.11.